The lowest BCUT2D eigenvalue weighted by Crippen LogP contribution is -2.15. The minimum absolute atomic E-state index is 0.595. The summed E-state index contributed by atoms with van der Waals surface area (Å²) in [4.78, 5) is 3.96. The maximum absolute atomic E-state index is 11.3. The zero-order valence-electron chi connectivity index (χ0n) is 6.81. The summed E-state index contributed by atoms with van der Waals surface area (Å²) in [6.45, 7) is 0. The van der Waals surface area contributed by atoms with Gasteiger partial charge in [-0.05, 0) is 14.1 Å². The number of aromatic nitrogens is 2. The van der Waals surface area contributed by atoms with Crippen LogP contribution in [0, 0.1) is 0 Å². The number of hydrogen-bond acceptors (Lipinski definition) is 2. The van der Waals surface area contributed by atoms with Gasteiger partial charge in [0.05, 0.1) is 6.33 Å². The van der Waals surface area contributed by atoms with E-state index < -0.39 is 11.0 Å². The highest BCUT2D eigenvalue weighted by atomic mass is 32.2. The highest BCUT2D eigenvalue weighted by molar-refractivity contribution is 7.82. The van der Waals surface area contributed by atoms with E-state index in [1.54, 1.807) is 35.5 Å². The molecule has 0 aliphatic rings. The van der Waals surface area contributed by atoms with Crippen molar-refractivity contribution in [3.8, 4) is 0 Å². The van der Waals surface area contributed by atoms with Crippen molar-refractivity contribution in [1.82, 2.24) is 13.9 Å². The molecule has 11 heavy (non-hydrogen) atoms. The van der Waals surface area contributed by atoms with Gasteiger partial charge in [0.1, 0.15) is 11.0 Å². The van der Waals surface area contributed by atoms with Gasteiger partial charge in [0.15, 0.2) is 5.03 Å². The van der Waals surface area contributed by atoms with Crippen LogP contribution in [-0.2, 0) is 18.0 Å². The SMILES string of the molecule is CN(C)S(=O)c1cn(C)cn1. The number of nitrogens with zero attached hydrogens (tertiary/aromatic N) is 3. The summed E-state index contributed by atoms with van der Waals surface area (Å²) in [6, 6.07) is 0. The Labute approximate surface area is 68.4 Å². The van der Waals surface area contributed by atoms with Crippen LogP contribution in [0.5, 0.6) is 0 Å². The first kappa shape index (κ1) is 8.42. The van der Waals surface area contributed by atoms with Crippen molar-refractivity contribution in [1.29, 1.82) is 0 Å². The van der Waals surface area contributed by atoms with Gasteiger partial charge in [0.2, 0.25) is 0 Å². The standard InChI is InChI=1S/C6H11N3OS/c1-8(2)11(10)6-4-9(3)5-7-6/h4-5H,1-3H3. The van der Waals surface area contributed by atoms with Crippen LogP contribution in [-0.4, -0.2) is 32.2 Å². The van der Waals surface area contributed by atoms with Gasteiger partial charge in [-0.25, -0.2) is 13.5 Å². The van der Waals surface area contributed by atoms with Crippen molar-refractivity contribution in [3.05, 3.63) is 12.5 Å². The molecule has 62 valence electrons. The second-order valence-corrected chi connectivity index (χ2v) is 4.09. The molecule has 0 N–H and O–H groups in total. The third-order valence-electron chi connectivity index (χ3n) is 1.19. The van der Waals surface area contributed by atoms with Crippen molar-refractivity contribution in [2.24, 2.45) is 7.05 Å². The average molecular weight is 173 g/mol. The summed E-state index contributed by atoms with van der Waals surface area (Å²) in [7, 11) is 4.25. The summed E-state index contributed by atoms with van der Waals surface area (Å²) >= 11 is 0. The minimum atomic E-state index is -1.11. The van der Waals surface area contributed by atoms with Crippen LogP contribution in [0.3, 0.4) is 0 Å². The van der Waals surface area contributed by atoms with E-state index in [1.165, 1.54) is 0 Å². The highest BCUT2D eigenvalue weighted by Gasteiger charge is 2.07. The Hall–Kier alpha value is -0.680. The molecule has 1 rings (SSSR count). The summed E-state index contributed by atoms with van der Waals surface area (Å²) in [6.07, 6.45) is 3.38. The molecule has 1 heterocycles. The van der Waals surface area contributed by atoms with Crippen LogP contribution in [0.1, 0.15) is 0 Å². The molecule has 0 aliphatic carbocycles. The molecular weight excluding hydrogens is 162 g/mol. The fourth-order valence-electron chi connectivity index (χ4n) is 0.666. The smallest absolute Gasteiger partial charge is 0.160 e. The summed E-state index contributed by atoms with van der Waals surface area (Å²) < 4.78 is 14.7. The first-order valence-corrected chi connectivity index (χ1v) is 4.29. The number of rotatable bonds is 2. The molecule has 0 fully saturated rings. The van der Waals surface area contributed by atoms with Gasteiger partial charge in [-0.2, -0.15) is 0 Å². The van der Waals surface area contributed by atoms with Gasteiger partial charge in [0, 0.05) is 13.2 Å². The van der Waals surface area contributed by atoms with Crippen LogP contribution in [0.4, 0.5) is 0 Å². The predicted octanol–water partition coefficient (Wildman–Crippen LogP) is 0.00430. The van der Waals surface area contributed by atoms with Crippen molar-refractivity contribution in [2.75, 3.05) is 14.1 Å². The van der Waals surface area contributed by atoms with E-state index in [-0.39, 0.29) is 0 Å². The number of hydrogen-bond donors (Lipinski definition) is 0. The summed E-state index contributed by atoms with van der Waals surface area (Å²) in [5.41, 5.74) is 0. The molecular formula is C6H11N3OS. The molecule has 1 aromatic heterocycles. The molecule has 0 aliphatic heterocycles. The van der Waals surface area contributed by atoms with Crippen molar-refractivity contribution >= 4 is 11.0 Å². The molecule has 0 saturated heterocycles. The van der Waals surface area contributed by atoms with E-state index in [9.17, 15) is 4.21 Å². The van der Waals surface area contributed by atoms with Crippen LogP contribution in [0.15, 0.2) is 17.6 Å². The first-order chi connectivity index (χ1) is 5.11. The Morgan fingerprint density at radius 2 is 2.27 bits per heavy atom. The number of aryl methyl sites for hydroxylation is 1. The minimum Gasteiger partial charge on any atom is -0.339 e. The molecule has 0 radical (unpaired) electrons. The van der Waals surface area contributed by atoms with Crippen LogP contribution < -0.4 is 0 Å². The fourth-order valence-corrected chi connectivity index (χ4v) is 1.43. The second-order valence-electron chi connectivity index (χ2n) is 2.44. The lowest BCUT2D eigenvalue weighted by molar-refractivity contribution is 0.599. The third kappa shape index (κ3) is 1.87. The van der Waals surface area contributed by atoms with Gasteiger partial charge in [-0.1, -0.05) is 0 Å². The summed E-state index contributed by atoms with van der Waals surface area (Å²) in [5, 5.41) is 0.595. The molecule has 0 saturated carbocycles. The van der Waals surface area contributed by atoms with Gasteiger partial charge in [-0.15, -0.1) is 0 Å². The van der Waals surface area contributed by atoms with Crippen molar-refractivity contribution in [3.63, 3.8) is 0 Å². The third-order valence-corrected chi connectivity index (χ3v) is 2.42. The molecule has 0 bridgehead atoms. The van der Waals surface area contributed by atoms with E-state index in [2.05, 4.69) is 4.98 Å². The van der Waals surface area contributed by atoms with Crippen molar-refractivity contribution < 1.29 is 4.21 Å². The molecule has 1 aromatic rings. The van der Waals surface area contributed by atoms with Gasteiger partial charge in [0.25, 0.3) is 0 Å². The molecule has 1 atom stereocenters. The van der Waals surface area contributed by atoms with E-state index in [1.807, 2.05) is 7.05 Å². The van der Waals surface area contributed by atoms with Crippen LogP contribution in [0.25, 0.3) is 0 Å². The monoisotopic (exact) mass is 173 g/mol. The lowest BCUT2D eigenvalue weighted by Gasteiger charge is -2.04. The molecule has 4 nitrogen and oxygen atoms in total. The maximum Gasteiger partial charge on any atom is 0.160 e. The Kier molecular flexibility index (Phi) is 2.41. The van der Waals surface area contributed by atoms with Gasteiger partial charge < -0.3 is 4.57 Å². The lowest BCUT2D eigenvalue weighted by atomic mass is 10.9. The van der Waals surface area contributed by atoms with Crippen LogP contribution >= 0.6 is 0 Å². The Balaban J connectivity index is 2.85. The zero-order chi connectivity index (χ0) is 8.43. The Morgan fingerprint density at radius 1 is 1.64 bits per heavy atom. The summed E-state index contributed by atoms with van der Waals surface area (Å²) in [5.74, 6) is 0. The van der Waals surface area contributed by atoms with E-state index in [4.69, 9.17) is 0 Å². The highest BCUT2D eigenvalue weighted by Crippen LogP contribution is 2.02. The average Bonchev–Trinajstić information content (AvgIpc) is 2.34. The second kappa shape index (κ2) is 3.15. The van der Waals surface area contributed by atoms with Crippen LogP contribution in [0.2, 0.25) is 0 Å². The van der Waals surface area contributed by atoms with Gasteiger partial charge >= 0.3 is 0 Å². The molecule has 0 spiro atoms. The predicted molar refractivity (Wildman–Crippen MR) is 43.3 cm³/mol. The first-order valence-electron chi connectivity index (χ1n) is 3.18. The number of imidazole rings is 1. The van der Waals surface area contributed by atoms with E-state index >= 15 is 0 Å². The maximum atomic E-state index is 11.3. The zero-order valence-corrected chi connectivity index (χ0v) is 7.63. The quantitative estimate of drug-likeness (QED) is 0.631. The molecule has 0 amide bonds. The Morgan fingerprint density at radius 3 is 2.64 bits per heavy atom. The van der Waals surface area contributed by atoms with E-state index in [0.717, 1.165) is 0 Å². The molecule has 0 aromatic carbocycles. The Bertz CT molecular complexity index is 269. The molecule has 1 unspecified atom stereocenters. The van der Waals surface area contributed by atoms with Crippen molar-refractivity contribution in [2.45, 2.75) is 5.03 Å². The fraction of sp³-hybridized carbons (Fsp3) is 0.500. The normalized spacial score (nSPS) is 13.8. The molecule has 5 heteroatoms. The topological polar surface area (TPSA) is 38.1 Å². The largest absolute Gasteiger partial charge is 0.339 e. The van der Waals surface area contributed by atoms with Gasteiger partial charge in [-0.3, -0.25) is 0 Å². The van der Waals surface area contributed by atoms with E-state index in [0.29, 0.717) is 5.03 Å².